The second-order valence-corrected chi connectivity index (χ2v) is 5.96. The first-order chi connectivity index (χ1) is 11.9. The zero-order valence-corrected chi connectivity index (χ0v) is 14.2. The first-order valence-electron chi connectivity index (χ1n) is 8.11. The van der Waals surface area contributed by atoms with Gasteiger partial charge in [-0.1, -0.05) is 12.8 Å². The minimum absolute atomic E-state index is 0.0685. The average molecular weight is 356 g/mol. The van der Waals surface area contributed by atoms with E-state index >= 15 is 0 Å². The van der Waals surface area contributed by atoms with E-state index in [1.54, 1.807) is 0 Å². The fourth-order valence-corrected chi connectivity index (χ4v) is 3.07. The number of carbonyl (C=O) groups excluding carboxylic acids is 2. The summed E-state index contributed by atoms with van der Waals surface area (Å²) < 4.78 is 34.4. The molecule has 1 aliphatic rings. The lowest BCUT2D eigenvalue weighted by molar-refractivity contribution is -0.126. The summed E-state index contributed by atoms with van der Waals surface area (Å²) in [5.41, 5.74) is 0.287. The maximum atomic E-state index is 12.6. The molecule has 1 aliphatic carbocycles. The van der Waals surface area contributed by atoms with Crippen LogP contribution in [0.2, 0.25) is 0 Å². The van der Waals surface area contributed by atoms with Crippen LogP contribution in [-0.4, -0.2) is 31.6 Å². The zero-order valence-electron chi connectivity index (χ0n) is 14.2. The van der Waals surface area contributed by atoms with Crippen molar-refractivity contribution >= 4 is 17.5 Å². The van der Waals surface area contributed by atoms with Gasteiger partial charge < -0.3 is 20.1 Å². The predicted molar refractivity (Wildman–Crippen MR) is 87.8 cm³/mol. The van der Waals surface area contributed by atoms with Crippen molar-refractivity contribution < 1.29 is 27.8 Å². The lowest BCUT2D eigenvalue weighted by atomic mass is 9.97. The number of rotatable bonds is 7. The van der Waals surface area contributed by atoms with E-state index in [0.717, 1.165) is 25.7 Å². The van der Waals surface area contributed by atoms with E-state index in [2.05, 4.69) is 15.4 Å². The van der Waals surface area contributed by atoms with Crippen LogP contribution in [0.4, 0.5) is 14.5 Å². The minimum atomic E-state index is -3.01. The molecule has 0 saturated heterocycles. The molecule has 2 amide bonds. The third kappa shape index (κ3) is 5.30. The van der Waals surface area contributed by atoms with Crippen molar-refractivity contribution in [2.45, 2.75) is 45.3 Å². The first-order valence-corrected chi connectivity index (χ1v) is 8.11. The highest BCUT2D eigenvalue weighted by Crippen LogP contribution is 2.32. The lowest BCUT2D eigenvalue weighted by Gasteiger charge is -2.23. The largest absolute Gasteiger partial charge is 0.493 e. The van der Waals surface area contributed by atoms with Gasteiger partial charge in [0, 0.05) is 18.7 Å². The molecule has 1 saturated carbocycles. The van der Waals surface area contributed by atoms with Crippen molar-refractivity contribution in [2.24, 2.45) is 5.92 Å². The van der Waals surface area contributed by atoms with Gasteiger partial charge in [0.15, 0.2) is 11.5 Å². The number of ether oxygens (including phenoxy) is 2. The highest BCUT2D eigenvalue weighted by Gasteiger charge is 2.31. The van der Waals surface area contributed by atoms with Crippen LogP contribution in [0, 0.1) is 5.92 Å². The lowest BCUT2D eigenvalue weighted by Crippen LogP contribution is -2.47. The highest BCUT2D eigenvalue weighted by molar-refractivity contribution is 5.97. The molecule has 6 nitrogen and oxygen atoms in total. The summed E-state index contributed by atoms with van der Waals surface area (Å²) in [7, 11) is 1.33. The third-order valence-electron chi connectivity index (χ3n) is 4.16. The predicted octanol–water partition coefficient (Wildman–Crippen LogP) is 2.93. The SMILES string of the molecule is COc1ccc(NC(=O)C(NC(C)=O)C2CCCC2)cc1OC(F)F. The Labute approximate surface area is 144 Å². The molecule has 8 heteroatoms. The van der Waals surface area contributed by atoms with E-state index < -0.39 is 12.7 Å². The molecule has 0 aliphatic heterocycles. The molecule has 0 heterocycles. The molecular formula is C17H22F2N2O4. The standard InChI is InChI=1S/C17H22F2N2O4/c1-10(22)20-15(11-5-3-4-6-11)16(23)21-12-7-8-13(24-2)14(9-12)25-17(18)19/h7-9,11,15,17H,3-6H2,1-2H3,(H,20,22)(H,21,23). The van der Waals surface area contributed by atoms with Gasteiger partial charge in [-0.05, 0) is 30.9 Å². The molecular weight excluding hydrogens is 334 g/mol. The van der Waals surface area contributed by atoms with Gasteiger partial charge in [-0.2, -0.15) is 8.78 Å². The minimum Gasteiger partial charge on any atom is -0.493 e. The van der Waals surface area contributed by atoms with Gasteiger partial charge in [0.25, 0.3) is 0 Å². The zero-order chi connectivity index (χ0) is 18.4. The first kappa shape index (κ1) is 19.0. The molecule has 0 spiro atoms. The summed E-state index contributed by atoms with van der Waals surface area (Å²) in [6, 6.07) is 3.56. The van der Waals surface area contributed by atoms with Crippen LogP contribution in [0.3, 0.4) is 0 Å². The Kier molecular flexibility index (Phi) is 6.55. The third-order valence-corrected chi connectivity index (χ3v) is 4.16. The van der Waals surface area contributed by atoms with Crippen LogP contribution in [0.1, 0.15) is 32.6 Å². The topological polar surface area (TPSA) is 76.7 Å². The highest BCUT2D eigenvalue weighted by atomic mass is 19.3. The smallest absolute Gasteiger partial charge is 0.387 e. The van der Waals surface area contributed by atoms with Crippen LogP contribution >= 0.6 is 0 Å². The van der Waals surface area contributed by atoms with Gasteiger partial charge in [0.05, 0.1) is 7.11 Å². The van der Waals surface area contributed by atoms with E-state index in [-0.39, 0.29) is 34.9 Å². The van der Waals surface area contributed by atoms with Gasteiger partial charge in [-0.25, -0.2) is 0 Å². The number of nitrogens with one attached hydrogen (secondary N) is 2. The number of carbonyl (C=O) groups is 2. The number of alkyl halides is 2. The fraction of sp³-hybridized carbons (Fsp3) is 0.529. The maximum Gasteiger partial charge on any atom is 0.387 e. The Morgan fingerprint density at radius 1 is 1.20 bits per heavy atom. The summed E-state index contributed by atoms with van der Waals surface area (Å²) in [5.74, 6) is -0.641. The number of amides is 2. The van der Waals surface area contributed by atoms with Crippen LogP contribution in [0.5, 0.6) is 11.5 Å². The molecule has 0 aromatic heterocycles. The van der Waals surface area contributed by atoms with Crippen molar-refractivity contribution in [3.05, 3.63) is 18.2 Å². The summed E-state index contributed by atoms with van der Waals surface area (Å²) in [6.45, 7) is -1.65. The quantitative estimate of drug-likeness (QED) is 0.788. The van der Waals surface area contributed by atoms with Crippen molar-refractivity contribution in [1.82, 2.24) is 5.32 Å². The number of hydrogen-bond acceptors (Lipinski definition) is 4. The molecule has 25 heavy (non-hydrogen) atoms. The van der Waals surface area contributed by atoms with Crippen LogP contribution in [0.25, 0.3) is 0 Å². The Morgan fingerprint density at radius 2 is 1.88 bits per heavy atom. The number of methoxy groups -OCH3 is 1. The van der Waals surface area contributed by atoms with E-state index in [4.69, 9.17) is 4.74 Å². The van der Waals surface area contributed by atoms with Gasteiger partial charge in [0.2, 0.25) is 11.8 Å². The Balaban J connectivity index is 2.15. The Bertz CT molecular complexity index is 619. The van der Waals surface area contributed by atoms with E-state index in [9.17, 15) is 18.4 Å². The van der Waals surface area contributed by atoms with Crippen molar-refractivity contribution in [3.8, 4) is 11.5 Å². The summed E-state index contributed by atoms with van der Waals surface area (Å²) in [5, 5.41) is 5.34. The number of benzene rings is 1. The number of hydrogen-bond donors (Lipinski definition) is 2. The van der Waals surface area contributed by atoms with Gasteiger partial charge in [-0.15, -0.1) is 0 Å². The second-order valence-electron chi connectivity index (χ2n) is 5.96. The maximum absolute atomic E-state index is 12.6. The summed E-state index contributed by atoms with van der Waals surface area (Å²) in [6.07, 6.45) is 3.76. The molecule has 138 valence electrons. The molecule has 0 radical (unpaired) electrons. The average Bonchev–Trinajstić information content (AvgIpc) is 3.06. The number of halogens is 2. The Hall–Kier alpha value is -2.38. The molecule has 0 bridgehead atoms. The molecule has 1 aromatic rings. The monoisotopic (exact) mass is 356 g/mol. The van der Waals surface area contributed by atoms with E-state index in [1.165, 1.54) is 32.2 Å². The molecule has 1 fully saturated rings. The number of anilines is 1. The molecule has 1 unspecified atom stereocenters. The van der Waals surface area contributed by atoms with E-state index in [0.29, 0.717) is 0 Å². The Morgan fingerprint density at radius 3 is 2.44 bits per heavy atom. The van der Waals surface area contributed by atoms with Crippen LogP contribution in [0.15, 0.2) is 18.2 Å². The normalized spacial score (nSPS) is 15.7. The van der Waals surface area contributed by atoms with E-state index in [1.807, 2.05) is 0 Å². The van der Waals surface area contributed by atoms with Gasteiger partial charge in [0.1, 0.15) is 6.04 Å². The van der Waals surface area contributed by atoms with Crippen LogP contribution < -0.4 is 20.1 Å². The molecule has 2 rings (SSSR count). The molecule has 1 atom stereocenters. The fourth-order valence-electron chi connectivity index (χ4n) is 3.07. The molecule has 2 N–H and O–H groups in total. The van der Waals surface area contributed by atoms with Gasteiger partial charge in [-0.3, -0.25) is 9.59 Å². The van der Waals surface area contributed by atoms with Crippen LogP contribution in [-0.2, 0) is 9.59 Å². The van der Waals surface area contributed by atoms with Gasteiger partial charge >= 0.3 is 6.61 Å². The second kappa shape index (κ2) is 8.64. The van der Waals surface area contributed by atoms with Crippen molar-refractivity contribution in [1.29, 1.82) is 0 Å². The van der Waals surface area contributed by atoms with Crippen molar-refractivity contribution in [2.75, 3.05) is 12.4 Å². The summed E-state index contributed by atoms with van der Waals surface area (Å²) >= 11 is 0. The summed E-state index contributed by atoms with van der Waals surface area (Å²) in [4.78, 5) is 24.0. The molecule has 1 aromatic carbocycles. The van der Waals surface area contributed by atoms with Crippen molar-refractivity contribution in [3.63, 3.8) is 0 Å².